The summed E-state index contributed by atoms with van der Waals surface area (Å²) in [5.74, 6) is 1.51. The van der Waals surface area contributed by atoms with Gasteiger partial charge in [-0.2, -0.15) is 0 Å². The molecule has 0 radical (unpaired) electrons. The molecule has 0 aliphatic heterocycles. The number of furan rings is 1. The molecule has 20 heavy (non-hydrogen) atoms. The summed E-state index contributed by atoms with van der Waals surface area (Å²) in [6.45, 7) is 5.10. The molecule has 5 nitrogen and oxygen atoms in total. The van der Waals surface area contributed by atoms with Crippen molar-refractivity contribution in [2.45, 2.75) is 32.7 Å². The minimum atomic E-state index is -0.0627. The Morgan fingerprint density at radius 3 is 2.80 bits per heavy atom. The van der Waals surface area contributed by atoms with E-state index in [1.165, 1.54) is 0 Å². The molecule has 2 heterocycles. The van der Waals surface area contributed by atoms with Crippen LogP contribution < -0.4 is 10.1 Å². The maximum atomic E-state index is 5.54. The Hall–Kier alpha value is -1.88. The van der Waals surface area contributed by atoms with Crippen molar-refractivity contribution >= 4 is 0 Å². The van der Waals surface area contributed by atoms with E-state index in [9.17, 15) is 0 Å². The van der Waals surface area contributed by atoms with E-state index >= 15 is 0 Å². The summed E-state index contributed by atoms with van der Waals surface area (Å²) in [4.78, 5) is 8.68. The summed E-state index contributed by atoms with van der Waals surface area (Å²) in [5, 5.41) is 3.50. The first-order valence-corrected chi connectivity index (χ1v) is 6.96. The minimum absolute atomic E-state index is 0.0627. The number of hydrogen-bond donors (Lipinski definition) is 1. The summed E-state index contributed by atoms with van der Waals surface area (Å²) in [6.07, 6.45) is 6.92. The van der Waals surface area contributed by atoms with Gasteiger partial charge in [-0.25, -0.2) is 4.98 Å². The third kappa shape index (κ3) is 2.99. The summed E-state index contributed by atoms with van der Waals surface area (Å²) in [7, 11) is 1.61. The zero-order valence-corrected chi connectivity index (χ0v) is 12.2. The van der Waals surface area contributed by atoms with Gasteiger partial charge in [0.25, 0.3) is 0 Å². The van der Waals surface area contributed by atoms with E-state index in [2.05, 4.69) is 29.1 Å². The highest BCUT2D eigenvalue weighted by Gasteiger charge is 2.23. The molecule has 0 aliphatic carbocycles. The van der Waals surface area contributed by atoms with Gasteiger partial charge in [-0.15, -0.1) is 0 Å². The molecule has 0 amide bonds. The number of nitrogens with zero attached hydrogens (tertiary/aromatic N) is 2. The number of ether oxygens (including phenoxy) is 1. The minimum Gasteiger partial charge on any atom is -0.480 e. The Kier molecular flexibility index (Phi) is 5.12. The average molecular weight is 275 g/mol. The van der Waals surface area contributed by atoms with Crippen molar-refractivity contribution in [2.75, 3.05) is 13.7 Å². The second kappa shape index (κ2) is 7.05. The van der Waals surface area contributed by atoms with Crippen molar-refractivity contribution < 1.29 is 9.15 Å². The summed E-state index contributed by atoms with van der Waals surface area (Å²) < 4.78 is 10.9. The third-order valence-electron chi connectivity index (χ3n) is 3.17. The fourth-order valence-electron chi connectivity index (χ4n) is 2.23. The van der Waals surface area contributed by atoms with Crippen molar-refractivity contribution in [3.05, 3.63) is 41.7 Å². The zero-order chi connectivity index (χ0) is 14.4. The van der Waals surface area contributed by atoms with Crippen molar-refractivity contribution in [1.82, 2.24) is 15.3 Å². The highest BCUT2D eigenvalue weighted by atomic mass is 16.5. The molecule has 1 N–H and O–H groups in total. The largest absolute Gasteiger partial charge is 0.480 e. The first-order chi connectivity index (χ1) is 9.81. The second-order valence-electron chi connectivity index (χ2n) is 4.49. The molecule has 2 aromatic heterocycles. The van der Waals surface area contributed by atoms with E-state index in [4.69, 9.17) is 9.15 Å². The molecule has 0 saturated carbocycles. The van der Waals surface area contributed by atoms with Crippen LogP contribution in [0.1, 0.15) is 43.3 Å². The molecule has 0 aliphatic rings. The van der Waals surface area contributed by atoms with Gasteiger partial charge < -0.3 is 14.5 Å². The predicted octanol–water partition coefficient (Wildman–Crippen LogP) is 2.73. The number of methoxy groups -OCH3 is 1. The summed E-state index contributed by atoms with van der Waals surface area (Å²) in [5.41, 5.74) is 1.89. The van der Waals surface area contributed by atoms with Gasteiger partial charge in [0.1, 0.15) is 11.5 Å². The van der Waals surface area contributed by atoms with Gasteiger partial charge in [-0.05, 0) is 19.0 Å². The van der Waals surface area contributed by atoms with Gasteiger partial charge in [-0.3, -0.25) is 4.98 Å². The van der Waals surface area contributed by atoms with Gasteiger partial charge >= 0.3 is 0 Å². The Morgan fingerprint density at radius 2 is 2.10 bits per heavy atom. The van der Waals surface area contributed by atoms with Gasteiger partial charge in [0.15, 0.2) is 0 Å². The van der Waals surface area contributed by atoms with E-state index in [0.717, 1.165) is 36.4 Å². The Morgan fingerprint density at radius 1 is 1.30 bits per heavy atom. The fraction of sp³-hybridized carbons (Fsp3) is 0.467. The quantitative estimate of drug-likeness (QED) is 0.842. The highest BCUT2D eigenvalue weighted by molar-refractivity contribution is 5.34. The lowest BCUT2D eigenvalue weighted by atomic mass is 10.0. The van der Waals surface area contributed by atoms with Crippen LogP contribution in [-0.4, -0.2) is 23.6 Å². The van der Waals surface area contributed by atoms with Crippen LogP contribution in [0.5, 0.6) is 5.88 Å². The standard InChI is InChI=1S/C15H21N3O2/c1-4-7-16-13(11-6-10-20-12(11)5-2)14-15(19-3)18-9-8-17-14/h6,8-10,13,16H,4-5,7H2,1-3H3. The first-order valence-electron chi connectivity index (χ1n) is 6.96. The summed E-state index contributed by atoms with van der Waals surface area (Å²) in [6, 6.07) is 1.92. The molecule has 0 saturated heterocycles. The molecule has 0 bridgehead atoms. The molecule has 5 heteroatoms. The van der Waals surface area contributed by atoms with E-state index in [1.807, 2.05) is 6.07 Å². The van der Waals surface area contributed by atoms with Gasteiger partial charge in [0.2, 0.25) is 5.88 Å². The van der Waals surface area contributed by atoms with Gasteiger partial charge in [-0.1, -0.05) is 13.8 Å². The van der Waals surface area contributed by atoms with Crippen molar-refractivity contribution in [3.63, 3.8) is 0 Å². The molecule has 0 fully saturated rings. The smallest absolute Gasteiger partial charge is 0.237 e. The number of aromatic nitrogens is 2. The van der Waals surface area contributed by atoms with E-state index in [0.29, 0.717) is 5.88 Å². The molecule has 1 atom stereocenters. The molecule has 0 aromatic carbocycles. The fourth-order valence-corrected chi connectivity index (χ4v) is 2.23. The number of rotatable bonds is 7. The Balaban J connectivity index is 2.41. The molecular formula is C15H21N3O2. The lowest BCUT2D eigenvalue weighted by Crippen LogP contribution is -2.25. The highest BCUT2D eigenvalue weighted by Crippen LogP contribution is 2.29. The van der Waals surface area contributed by atoms with Gasteiger partial charge in [0, 0.05) is 24.4 Å². The van der Waals surface area contributed by atoms with Crippen LogP contribution in [0.4, 0.5) is 0 Å². The second-order valence-corrected chi connectivity index (χ2v) is 4.49. The maximum Gasteiger partial charge on any atom is 0.237 e. The van der Waals surface area contributed by atoms with E-state index in [-0.39, 0.29) is 6.04 Å². The normalized spacial score (nSPS) is 12.3. The molecule has 1 unspecified atom stereocenters. The number of hydrogen-bond acceptors (Lipinski definition) is 5. The van der Waals surface area contributed by atoms with Crippen LogP contribution in [0.2, 0.25) is 0 Å². The molecule has 0 spiro atoms. The van der Waals surface area contributed by atoms with Crippen molar-refractivity contribution in [1.29, 1.82) is 0 Å². The van der Waals surface area contributed by atoms with Crippen LogP contribution in [0, 0.1) is 0 Å². The molecule has 2 aromatic rings. The molecule has 108 valence electrons. The van der Waals surface area contributed by atoms with Crippen LogP contribution in [0.3, 0.4) is 0 Å². The van der Waals surface area contributed by atoms with Crippen LogP contribution in [0.25, 0.3) is 0 Å². The molecule has 2 rings (SSSR count). The Labute approximate surface area is 119 Å². The SMILES string of the molecule is CCCNC(c1ccoc1CC)c1nccnc1OC. The number of nitrogens with one attached hydrogen (secondary N) is 1. The van der Waals surface area contributed by atoms with Crippen LogP contribution in [0.15, 0.2) is 29.1 Å². The lowest BCUT2D eigenvalue weighted by molar-refractivity contribution is 0.381. The maximum absolute atomic E-state index is 5.54. The topological polar surface area (TPSA) is 60.2 Å². The predicted molar refractivity (Wildman–Crippen MR) is 76.8 cm³/mol. The number of aryl methyl sites for hydroxylation is 1. The van der Waals surface area contributed by atoms with E-state index < -0.39 is 0 Å². The average Bonchev–Trinajstić information content (AvgIpc) is 2.96. The van der Waals surface area contributed by atoms with Crippen LogP contribution >= 0.6 is 0 Å². The van der Waals surface area contributed by atoms with Crippen LogP contribution in [-0.2, 0) is 6.42 Å². The van der Waals surface area contributed by atoms with E-state index in [1.54, 1.807) is 25.8 Å². The Bertz CT molecular complexity index is 539. The third-order valence-corrected chi connectivity index (χ3v) is 3.17. The monoisotopic (exact) mass is 275 g/mol. The van der Waals surface area contributed by atoms with Crippen molar-refractivity contribution in [2.24, 2.45) is 0 Å². The van der Waals surface area contributed by atoms with Crippen molar-refractivity contribution in [3.8, 4) is 5.88 Å². The molecular weight excluding hydrogens is 254 g/mol. The summed E-state index contributed by atoms with van der Waals surface area (Å²) >= 11 is 0. The lowest BCUT2D eigenvalue weighted by Gasteiger charge is -2.19. The first kappa shape index (κ1) is 14.5. The zero-order valence-electron chi connectivity index (χ0n) is 12.2. The van der Waals surface area contributed by atoms with Gasteiger partial charge in [0.05, 0.1) is 19.4 Å².